The quantitative estimate of drug-likeness (QED) is 0.598. The molecule has 2 aromatic carbocycles. The Kier molecular flexibility index (Phi) is 5.55. The summed E-state index contributed by atoms with van der Waals surface area (Å²) in [6.07, 6.45) is 2.40. The minimum absolute atomic E-state index is 0.0349. The first-order chi connectivity index (χ1) is 14.1. The number of nitrogens with one attached hydrogen (secondary N) is 3. The summed E-state index contributed by atoms with van der Waals surface area (Å²) in [7, 11) is 1.63. The molecule has 2 heterocycles. The van der Waals surface area contributed by atoms with Crippen LogP contribution in [-0.2, 0) is 11.3 Å². The molecule has 0 spiro atoms. The first-order valence-electron chi connectivity index (χ1n) is 9.34. The van der Waals surface area contributed by atoms with E-state index in [2.05, 4.69) is 21.3 Å². The SMILES string of the molecule is COc1ccc(C2CC(C(=O)Nc3ccn(Cc4ccc(F)cc4)n3)NN2)cc1. The summed E-state index contributed by atoms with van der Waals surface area (Å²) in [4.78, 5) is 12.6. The average Bonchev–Trinajstić information content (AvgIpc) is 3.40. The van der Waals surface area contributed by atoms with Gasteiger partial charge in [0.15, 0.2) is 5.82 Å². The molecule has 1 amide bonds. The van der Waals surface area contributed by atoms with Crippen molar-refractivity contribution in [1.29, 1.82) is 0 Å². The first kappa shape index (κ1) is 19.1. The minimum Gasteiger partial charge on any atom is -0.497 e. The molecule has 1 fully saturated rings. The van der Waals surface area contributed by atoms with Gasteiger partial charge in [0, 0.05) is 18.3 Å². The lowest BCUT2D eigenvalue weighted by atomic mass is 10.0. The van der Waals surface area contributed by atoms with Crippen molar-refractivity contribution in [3.8, 4) is 5.75 Å². The number of benzene rings is 2. The zero-order valence-corrected chi connectivity index (χ0v) is 15.9. The van der Waals surface area contributed by atoms with E-state index in [1.165, 1.54) is 12.1 Å². The second kappa shape index (κ2) is 8.42. The van der Waals surface area contributed by atoms with Crippen molar-refractivity contribution in [3.63, 3.8) is 0 Å². The Balaban J connectivity index is 1.32. The highest BCUT2D eigenvalue weighted by molar-refractivity contribution is 5.94. The summed E-state index contributed by atoms with van der Waals surface area (Å²) < 4.78 is 19.9. The van der Waals surface area contributed by atoms with E-state index in [0.717, 1.165) is 16.9 Å². The standard InChI is InChI=1S/C21H22FN5O2/c1-29-17-8-4-15(5-9-17)18-12-19(25-24-18)21(28)23-20-10-11-27(26-20)13-14-2-6-16(22)7-3-14/h2-11,18-19,24-25H,12-13H2,1H3,(H,23,26,28). The van der Waals surface area contributed by atoms with Gasteiger partial charge in [-0.2, -0.15) is 5.10 Å². The van der Waals surface area contributed by atoms with Crippen molar-refractivity contribution in [3.05, 3.63) is 77.7 Å². The Morgan fingerprint density at radius 2 is 1.93 bits per heavy atom. The molecular formula is C21H22FN5O2. The number of amides is 1. The van der Waals surface area contributed by atoms with Crippen molar-refractivity contribution in [2.45, 2.75) is 25.0 Å². The number of carbonyl (C=O) groups excluding carboxylic acids is 1. The fourth-order valence-electron chi connectivity index (χ4n) is 3.29. The van der Waals surface area contributed by atoms with Gasteiger partial charge in [0.05, 0.1) is 13.7 Å². The molecule has 8 heteroatoms. The van der Waals surface area contributed by atoms with E-state index in [9.17, 15) is 9.18 Å². The summed E-state index contributed by atoms with van der Waals surface area (Å²) in [6, 6.07) is 15.4. The van der Waals surface area contributed by atoms with Crippen LogP contribution in [0, 0.1) is 5.82 Å². The smallest absolute Gasteiger partial charge is 0.244 e. The van der Waals surface area contributed by atoms with Crippen LogP contribution >= 0.6 is 0 Å². The molecule has 0 radical (unpaired) electrons. The molecule has 4 rings (SSSR count). The van der Waals surface area contributed by atoms with Gasteiger partial charge >= 0.3 is 0 Å². The van der Waals surface area contributed by atoms with Crippen LogP contribution in [-0.4, -0.2) is 28.8 Å². The monoisotopic (exact) mass is 395 g/mol. The average molecular weight is 395 g/mol. The third-order valence-electron chi connectivity index (χ3n) is 4.89. The van der Waals surface area contributed by atoms with Gasteiger partial charge in [0.25, 0.3) is 0 Å². The van der Waals surface area contributed by atoms with Gasteiger partial charge in [-0.05, 0) is 41.8 Å². The number of ether oxygens (including phenoxy) is 1. The van der Waals surface area contributed by atoms with E-state index in [1.807, 2.05) is 24.3 Å². The van der Waals surface area contributed by atoms with Crippen LogP contribution < -0.4 is 20.9 Å². The molecule has 0 bridgehead atoms. The van der Waals surface area contributed by atoms with E-state index >= 15 is 0 Å². The summed E-state index contributed by atoms with van der Waals surface area (Å²) in [5, 5.41) is 7.20. The molecule has 0 aliphatic carbocycles. The second-order valence-electron chi connectivity index (χ2n) is 6.92. The van der Waals surface area contributed by atoms with Crippen LogP contribution in [0.1, 0.15) is 23.6 Å². The Labute approximate surface area is 167 Å². The molecule has 1 aromatic heterocycles. The molecule has 29 heavy (non-hydrogen) atoms. The number of methoxy groups -OCH3 is 1. The number of anilines is 1. The lowest BCUT2D eigenvalue weighted by molar-refractivity contribution is -0.117. The van der Waals surface area contributed by atoms with Gasteiger partial charge in [-0.1, -0.05) is 24.3 Å². The maximum atomic E-state index is 13.0. The summed E-state index contributed by atoms with van der Waals surface area (Å²) in [6.45, 7) is 0.499. The molecule has 2 unspecified atom stereocenters. The van der Waals surface area contributed by atoms with Crippen molar-refractivity contribution in [2.24, 2.45) is 0 Å². The molecule has 1 aliphatic heterocycles. The Bertz CT molecular complexity index is 971. The molecule has 0 saturated carbocycles. The Hall–Kier alpha value is -3.23. The maximum absolute atomic E-state index is 13.0. The van der Waals surface area contributed by atoms with E-state index in [1.54, 1.807) is 36.2 Å². The number of hydrazine groups is 1. The number of hydrogen-bond acceptors (Lipinski definition) is 5. The van der Waals surface area contributed by atoms with Crippen LogP contribution in [0.15, 0.2) is 60.8 Å². The molecule has 1 aliphatic rings. The molecular weight excluding hydrogens is 373 g/mol. The highest BCUT2D eigenvalue weighted by Gasteiger charge is 2.30. The van der Waals surface area contributed by atoms with Gasteiger partial charge in [-0.3, -0.25) is 9.48 Å². The second-order valence-corrected chi connectivity index (χ2v) is 6.92. The number of nitrogens with zero attached hydrogens (tertiary/aromatic N) is 2. The first-order valence-corrected chi connectivity index (χ1v) is 9.34. The zero-order valence-electron chi connectivity index (χ0n) is 15.9. The predicted molar refractivity (Wildman–Crippen MR) is 107 cm³/mol. The van der Waals surface area contributed by atoms with Crippen LogP contribution in [0.4, 0.5) is 10.2 Å². The fourth-order valence-corrected chi connectivity index (χ4v) is 3.29. The van der Waals surface area contributed by atoms with Crippen LogP contribution in [0.3, 0.4) is 0 Å². The van der Waals surface area contributed by atoms with Crippen molar-refractivity contribution < 1.29 is 13.9 Å². The highest BCUT2D eigenvalue weighted by atomic mass is 19.1. The molecule has 1 saturated heterocycles. The number of carbonyl (C=O) groups is 1. The number of aromatic nitrogens is 2. The van der Waals surface area contributed by atoms with Gasteiger partial charge in [0.1, 0.15) is 17.6 Å². The summed E-state index contributed by atoms with van der Waals surface area (Å²) in [5.41, 5.74) is 8.21. The van der Waals surface area contributed by atoms with Gasteiger partial charge in [0.2, 0.25) is 5.91 Å². The Morgan fingerprint density at radius 3 is 2.66 bits per heavy atom. The lowest BCUT2D eigenvalue weighted by Crippen LogP contribution is -2.39. The van der Waals surface area contributed by atoms with Crippen LogP contribution in [0.25, 0.3) is 0 Å². The third kappa shape index (κ3) is 4.61. The summed E-state index contributed by atoms with van der Waals surface area (Å²) in [5.74, 6) is 0.852. The van der Waals surface area contributed by atoms with Gasteiger partial charge < -0.3 is 10.1 Å². The van der Waals surface area contributed by atoms with E-state index in [0.29, 0.717) is 18.8 Å². The third-order valence-corrected chi connectivity index (χ3v) is 4.89. The lowest BCUT2D eigenvalue weighted by Gasteiger charge is -2.10. The van der Waals surface area contributed by atoms with Crippen molar-refractivity contribution in [1.82, 2.24) is 20.6 Å². The van der Waals surface area contributed by atoms with Crippen molar-refractivity contribution >= 4 is 11.7 Å². The van der Waals surface area contributed by atoms with E-state index in [4.69, 9.17) is 4.74 Å². The molecule has 3 N–H and O–H groups in total. The normalized spacial score (nSPS) is 18.6. The van der Waals surface area contributed by atoms with Crippen LogP contribution in [0.5, 0.6) is 5.75 Å². The minimum atomic E-state index is -0.371. The molecule has 3 aromatic rings. The topological polar surface area (TPSA) is 80.2 Å². The zero-order chi connectivity index (χ0) is 20.2. The molecule has 2 atom stereocenters. The van der Waals surface area contributed by atoms with Gasteiger partial charge in [-0.25, -0.2) is 15.2 Å². The highest BCUT2D eigenvalue weighted by Crippen LogP contribution is 2.24. The maximum Gasteiger partial charge on any atom is 0.244 e. The number of halogens is 1. The van der Waals surface area contributed by atoms with Gasteiger partial charge in [-0.15, -0.1) is 0 Å². The number of hydrogen-bond donors (Lipinski definition) is 3. The predicted octanol–water partition coefficient (Wildman–Crippen LogP) is 2.63. The van der Waals surface area contributed by atoms with E-state index in [-0.39, 0.29) is 23.8 Å². The van der Waals surface area contributed by atoms with E-state index < -0.39 is 0 Å². The summed E-state index contributed by atoms with van der Waals surface area (Å²) >= 11 is 0. The number of rotatable bonds is 6. The fraction of sp³-hybridized carbons (Fsp3) is 0.238. The molecule has 7 nitrogen and oxygen atoms in total. The van der Waals surface area contributed by atoms with Crippen LogP contribution in [0.2, 0.25) is 0 Å². The molecule has 150 valence electrons. The largest absolute Gasteiger partial charge is 0.497 e. The Morgan fingerprint density at radius 1 is 1.17 bits per heavy atom. The van der Waals surface area contributed by atoms with Crippen molar-refractivity contribution in [2.75, 3.05) is 12.4 Å².